The summed E-state index contributed by atoms with van der Waals surface area (Å²) in [5.41, 5.74) is 7.20. The summed E-state index contributed by atoms with van der Waals surface area (Å²) in [7, 11) is 0. The normalized spacial score (nSPS) is 11.4. The Balaban J connectivity index is 2.26. The number of rotatable bonds is 2. The van der Waals surface area contributed by atoms with Crippen molar-refractivity contribution in [2.75, 3.05) is 0 Å². The number of nitrogens with zero attached hydrogens (tertiary/aromatic N) is 2. The van der Waals surface area contributed by atoms with Crippen LogP contribution in [0.3, 0.4) is 0 Å². The Labute approximate surface area is 136 Å². The van der Waals surface area contributed by atoms with Gasteiger partial charge in [-0.25, -0.2) is 4.99 Å². The fourth-order valence-corrected chi connectivity index (χ4v) is 2.22. The SMILES string of the molecule is N#Cc1ccc2o/c(=N\c3ccc(Cl)cc3)c(C(N)=O)cc2c1. The van der Waals surface area contributed by atoms with Crippen LogP contribution in [0.15, 0.2) is 57.9 Å². The summed E-state index contributed by atoms with van der Waals surface area (Å²) >= 11 is 5.84. The van der Waals surface area contributed by atoms with Crippen LogP contribution in [0.4, 0.5) is 5.69 Å². The van der Waals surface area contributed by atoms with Gasteiger partial charge >= 0.3 is 0 Å². The van der Waals surface area contributed by atoms with Crippen LogP contribution in [0.25, 0.3) is 11.0 Å². The van der Waals surface area contributed by atoms with E-state index in [1.54, 1.807) is 48.5 Å². The molecule has 0 atom stereocenters. The lowest BCUT2D eigenvalue weighted by molar-refractivity contribution is 0.0996. The Morgan fingerprint density at radius 1 is 1.17 bits per heavy atom. The summed E-state index contributed by atoms with van der Waals surface area (Å²) in [6.07, 6.45) is 0. The minimum absolute atomic E-state index is 0.108. The molecule has 0 saturated carbocycles. The van der Waals surface area contributed by atoms with Crippen LogP contribution in [0.5, 0.6) is 0 Å². The van der Waals surface area contributed by atoms with E-state index in [1.807, 2.05) is 6.07 Å². The van der Waals surface area contributed by atoms with Crippen molar-refractivity contribution in [1.82, 2.24) is 0 Å². The van der Waals surface area contributed by atoms with Gasteiger partial charge in [0.25, 0.3) is 5.91 Å². The number of nitrogens with two attached hydrogens (primary N) is 1. The standard InChI is InChI=1S/C17H10ClN3O2/c18-12-2-4-13(5-3-12)21-17-14(16(20)22)8-11-7-10(9-19)1-6-15(11)23-17/h1-8H,(H2,20,22)/b21-17-. The smallest absolute Gasteiger partial charge is 0.254 e. The van der Waals surface area contributed by atoms with Crippen LogP contribution >= 0.6 is 11.6 Å². The molecule has 1 amide bonds. The third-order valence-electron chi connectivity index (χ3n) is 3.20. The van der Waals surface area contributed by atoms with Crippen molar-refractivity contribution >= 4 is 34.2 Å². The molecule has 0 saturated heterocycles. The molecule has 23 heavy (non-hydrogen) atoms. The molecular weight excluding hydrogens is 314 g/mol. The molecule has 3 aromatic rings. The van der Waals surface area contributed by atoms with E-state index in [1.165, 1.54) is 0 Å². The highest BCUT2D eigenvalue weighted by atomic mass is 35.5. The summed E-state index contributed by atoms with van der Waals surface area (Å²) < 4.78 is 5.68. The second kappa shape index (κ2) is 5.95. The average molecular weight is 324 g/mol. The lowest BCUT2D eigenvalue weighted by Gasteiger charge is -2.02. The molecule has 2 N–H and O–H groups in total. The first-order valence-corrected chi connectivity index (χ1v) is 7.03. The first-order valence-electron chi connectivity index (χ1n) is 6.65. The van der Waals surface area contributed by atoms with E-state index >= 15 is 0 Å². The molecule has 0 radical (unpaired) electrons. The fraction of sp³-hybridized carbons (Fsp3) is 0. The highest BCUT2D eigenvalue weighted by Gasteiger charge is 2.10. The van der Waals surface area contributed by atoms with E-state index < -0.39 is 5.91 Å². The van der Waals surface area contributed by atoms with E-state index in [2.05, 4.69) is 4.99 Å². The maximum absolute atomic E-state index is 11.7. The summed E-state index contributed by atoms with van der Waals surface area (Å²) in [5, 5.41) is 10.1. The largest absolute Gasteiger partial charge is 0.438 e. The maximum Gasteiger partial charge on any atom is 0.254 e. The summed E-state index contributed by atoms with van der Waals surface area (Å²) in [6, 6.07) is 15.3. The molecule has 1 aromatic heterocycles. The molecule has 6 heteroatoms. The number of halogens is 1. The average Bonchev–Trinajstić information content (AvgIpc) is 2.55. The number of hydrogen-bond donors (Lipinski definition) is 1. The van der Waals surface area contributed by atoms with Crippen LogP contribution in [0.2, 0.25) is 5.02 Å². The molecule has 112 valence electrons. The third kappa shape index (κ3) is 3.07. The topological polar surface area (TPSA) is 92.4 Å². The molecule has 0 spiro atoms. The zero-order chi connectivity index (χ0) is 16.4. The number of amides is 1. The lowest BCUT2D eigenvalue weighted by atomic mass is 10.1. The monoisotopic (exact) mass is 323 g/mol. The van der Waals surface area contributed by atoms with Crippen molar-refractivity contribution in [3.63, 3.8) is 0 Å². The van der Waals surface area contributed by atoms with Gasteiger partial charge in [0.1, 0.15) is 11.1 Å². The molecule has 0 fully saturated rings. The summed E-state index contributed by atoms with van der Waals surface area (Å²) in [6.45, 7) is 0. The Bertz CT molecular complexity index is 1010. The summed E-state index contributed by atoms with van der Waals surface area (Å²) in [4.78, 5) is 16.0. The summed E-state index contributed by atoms with van der Waals surface area (Å²) in [5.74, 6) is -0.661. The van der Waals surface area contributed by atoms with Gasteiger partial charge in [0, 0.05) is 10.4 Å². The van der Waals surface area contributed by atoms with Gasteiger partial charge < -0.3 is 10.2 Å². The van der Waals surface area contributed by atoms with E-state index in [0.29, 0.717) is 27.2 Å². The lowest BCUT2D eigenvalue weighted by Crippen LogP contribution is -2.21. The van der Waals surface area contributed by atoms with Crippen molar-refractivity contribution in [1.29, 1.82) is 5.26 Å². The minimum Gasteiger partial charge on any atom is -0.438 e. The Kier molecular flexibility index (Phi) is 3.83. The zero-order valence-electron chi connectivity index (χ0n) is 11.8. The van der Waals surface area contributed by atoms with Gasteiger partial charge in [-0.15, -0.1) is 0 Å². The van der Waals surface area contributed by atoms with Crippen LogP contribution in [0.1, 0.15) is 15.9 Å². The first-order chi connectivity index (χ1) is 11.1. The third-order valence-corrected chi connectivity index (χ3v) is 3.45. The second-order valence-electron chi connectivity index (χ2n) is 4.78. The maximum atomic E-state index is 11.7. The van der Waals surface area contributed by atoms with E-state index in [0.717, 1.165) is 0 Å². The van der Waals surface area contributed by atoms with Crippen molar-refractivity contribution in [2.45, 2.75) is 0 Å². The van der Waals surface area contributed by atoms with Crippen LogP contribution < -0.4 is 11.3 Å². The number of carbonyl (C=O) groups excluding carboxylic acids is 1. The predicted molar refractivity (Wildman–Crippen MR) is 86.1 cm³/mol. The molecule has 0 aliphatic carbocycles. The zero-order valence-corrected chi connectivity index (χ0v) is 12.5. The molecule has 0 unspecified atom stereocenters. The van der Waals surface area contributed by atoms with Gasteiger partial charge in [0.05, 0.1) is 17.3 Å². The Hall–Kier alpha value is -3.10. The molecule has 0 bridgehead atoms. The molecular formula is C17H10ClN3O2. The van der Waals surface area contributed by atoms with Crippen molar-refractivity contribution in [3.8, 4) is 6.07 Å². The Morgan fingerprint density at radius 2 is 1.91 bits per heavy atom. The van der Waals surface area contributed by atoms with Gasteiger partial charge in [0.15, 0.2) is 0 Å². The van der Waals surface area contributed by atoms with Crippen LogP contribution in [-0.2, 0) is 0 Å². The van der Waals surface area contributed by atoms with Gasteiger partial charge in [-0.1, -0.05) is 11.6 Å². The number of nitriles is 1. The van der Waals surface area contributed by atoms with Gasteiger partial charge in [-0.3, -0.25) is 4.79 Å². The second-order valence-corrected chi connectivity index (χ2v) is 5.22. The number of fused-ring (bicyclic) bond motifs is 1. The molecule has 3 rings (SSSR count). The molecule has 2 aromatic carbocycles. The van der Waals surface area contributed by atoms with Gasteiger partial charge in [-0.2, -0.15) is 5.26 Å². The predicted octanol–water partition coefficient (Wildman–Crippen LogP) is 3.29. The van der Waals surface area contributed by atoms with Crippen LogP contribution in [-0.4, -0.2) is 5.91 Å². The highest BCUT2D eigenvalue weighted by molar-refractivity contribution is 6.30. The molecule has 1 heterocycles. The van der Waals surface area contributed by atoms with Crippen LogP contribution in [0, 0.1) is 11.3 Å². The van der Waals surface area contributed by atoms with Crippen molar-refractivity contribution in [3.05, 3.63) is 70.2 Å². The van der Waals surface area contributed by atoms with E-state index in [-0.39, 0.29) is 11.1 Å². The number of primary amides is 1. The van der Waals surface area contributed by atoms with E-state index in [9.17, 15) is 4.79 Å². The van der Waals surface area contributed by atoms with Gasteiger partial charge in [0.2, 0.25) is 5.55 Å². The van der Waals surface area contributed by atoms with Gasteiger partial charge in [-0.05, 0) is 48.5 Å². The fourth-order valence-electron chi connectivity index (χ4n) is 2.09. The van der Waals surface area contributed by atoms with Crippen molar-refractivity contribution in [2.24, 2.45) is 10.7 Å². The molecule has 5 nitrogen and oxygen atoms in total. The van der Waals surface area contributed by atoms with E-state index in [4.69, 9.17) is 27.0 Å². The highest BCUT2D eigenvalue weighted by Crippen LogP contribution is 2.18. The molecule has 0 aliphatic heterocycles. The molecule has 0 aliphatic rings. The number of carbonyl (C=O) groups is 1. The number of hydrogen-bond acceptors (Lipinski definition) is 4. The Morgan fingerprint density at radius 3 is 2.57 bits per heavy atom. The number of benzene rings is 2. The first kappa shape index (κ1) is 14.8. The minimum atomic E-state index is -0.661. The quantitative estimate of drug-likeness (QED) is 0.784. The van der Waals surface area contributed by atoms with Crippen molar-refractivity contribution < 1.29 is 9.21 Å².